The lowest BCUT2D eigenvalue weighted by atomic mass is 10.1. The number of pyridine rings is 1. The number of nitrogens with zero attached hydrogens (tertiary/aromatic N) is 5. The van der Waals surface area contributed by atoms with Gasteiger partial charge >= 0.3 is 6.18 Å². The maximum atomic E-state index is 14.7. The zero-order valence-corrected chi connectivity index (χ0v) is 14.7. The van der Waals surface area contributed by atoms with E-state index in [4.69, 9.17) is 0 Å². The van der Waals surface area contributed by atoms with Crippen molar-refractivity contribution in [1.82, 2.24) is 15.0 Å². The van der Waals surface area contributed by atoms with Crippen molar-refractivity contribution in [2.45, 2.75) is 32.0 Å². The van der Waals surface area contributed by atoms with Gasteiger partial charge in [0.1, 0.15) is 12.1 Å². The van der Waals surface area contributed by atoms with Gasteiger partial charge in [-0.3, -0.25) is 0 Å². The van der Waals surface area contributed by atoms with Crippen molar-refractivity contribution < 1.29 is 17.6 Å². The zero-order chi connectivity index (χ0) is 19.2. The van der Waals surface area contributed by atoms with Crippen molar-refractivity contribution in [2.24, 2.45) is 5.92 Å². The van der Waals surface area contributed by atoms with Gasteiger partial charge < -0.3 is 9.80 Å². The third-order valence-corrected chi connectivity index (χ3v) is 5.39. The number of alkyl halides is 3. The van der Waals surface area contributed by atoms with Crippen molar-refractivity contribution in [1.29, 1.82) is 0 Å². The molecule has 2 fully saturated rings. The average molecular weight is 381 g/mol. The maximum absolute atomic E-state index is 14.7. The predicted octanol–water partition coefficient (Wildman–Crippen LogP) is 3.31. The Labute approximate surface area is 154 Å². The van der Waals surface area contributed by atoms with Crippen LogP contribution >= 0.6 is 0 Å². The fraction of sp³-hybridized carbons (Fsp3) is 0.500. The quantitative estimate of drug-likeness (QED) is 0.764. The summed E-state index contributed by atoms with van der Waals surface area (Å²) in [6.07, 6.45) is -0.540. The van der Waals surface area contributed by atoms with Crippen LogP contribution in [0.2, 0.25) is 0 Å². The fourth-order valence-electron chi connectivity index (χ4n) is 4.02. The van der Waals surface area contributed by atoms with E-state index in [9.17, 15) is 17.6 Å². The van der Waals surface area contributed by atoms with Gasteiger partial charge in [-0.05, 0) is 25.0 Å². The molecule has 4 rings (SSSR count). The van der Waals surface area contributed by atoms with Crippen molar-refractivity contribution >= 4 is 11.6 Å². The molecule has 2 aliphatic rings. The summed E-state index contributed by atoms with van der Waals surface area (Å²) in [4.78, 5) is 16.0. The highest BCUT2D eigenvalue weighted by Crippen LogP contribution is 2.38. The van der Waals surface area contributed by atoms with Gasteiger partial charge in [-0.25, -0.2) is 19.3 Å². The van der Waals surface area contributed by atoms with E-state index in [2.05, 4.69) is 15.0 Å². The normalized spacial score (nSPS) is 22.4. The van der Waals surface area contributed by atoms with Crippen LogP contribution in [0.1, 0.15) is 24.6 Å². The minimum atomic E-state index is -4.40. The van der Waals surface area contributed by atoms with Crippen LogP contribution in [0, 0.1) is 11.7 Å². The minimum absolute atomic E-state index is 0.00421. The lowest BCUT2D eigenvalue weighted by molar-refractivity contribution is -0.137. The summed E-state index contributed by atoms with van der Waals surface area (Å²) >= 11 is 0. The molecule has 2 saturated heterocycles. The summed E-state index contributed by atoms with van der Waals surface area (Å²) < 4.78 is 53.6. The Balaban J connectivity index is 1.58. The first kappa shape index (κ1) is 17.9. The highest BCUT2D eigenvalue weighted by atomic mass is 19.4. The smallest absolute Gasteiger partial charge is 0.354 e. The van der Waals surface area contributed by atoms with Crippen LogP contribution in [0.4, 0.5) is 29.2 Å². The molecule has 2 unspecified atom stereocenters. The van der Waals surface area contributed by atoms with E-state index in [0.29, 0.717) is 37.6 Å². The summed E-state index contributed by atoms with van der Waals surface area (Å²) in [5.74, 6) is 0.418. The second-order valence-corrected chi connectivity index (χ2v) is 6.93. The van der Waals surface area contributed by atoms with E-state index in [0.717, 1.165) is 18.6 Å². The van der Waals surface area contributed by atoms with Crippen LogP contribution in [-0.4, -0.2) is 40.6 Å². The molecule has 0 amide bonds. The predicted molar refractivity (Wildman–Crippen MR) is 92.1 cm³/mol. The van der Waals surface area contributed by atoms with Crippen molar-refractivity contribution in [3.63, 3.8) is 0 Å². The first-order chi connectivity index (χ1) is 12.9. The summed E-state index contributed by atoms with van der Waals surface area (Å²) in [6.45, 7) is 3.60. The maximum Gasteiger partial charge on any atom is 0.416 e. The molecule has 0 aromatic carbocycles. The van der Waals surface area contributed by atoms with Gasteiger partial charge in [0.2, 0.25) is 0 Å². The third-order valence-electron chi connectivity index (χ3n) is 5.39. The molecule has 0 N–H and O–H groups in total. The topological polar surface area (TPSA) is 45.2 Å². The molecule has 0 bridgehead atoms. The molecule has 27 heavy (non-hydrogen) atoms. The van der Waals surface area contributed by atoms with Gasteiger partial charge in [-0.1, -0.05) is 6.92 Å². The van der Waals surface area contributed by atoms with E-state index < -0.39 is 17.6 Å². The Morgan fingerprint density at radius 3 is 2.74 bits per heavy atom. The van der Waals surface area contributed by atoms with Gasteiger partial charge in [-0.15, -0.1) is 0 Å². The summed E-state index contributed by atoms with van der Waals surface area (Å²) in [6, 6.07) is 2.04. The lowest BCUT2D eigenvalue weighted by Gasteiger charge is -2.27. The molecule has 144 valence electrons. The first-order valence-electron chi connectivity index (χ1n) is 8.92. The van der Waals surface area contributed by atoms with Crippen molar-refractivity contribution in [3.8, 4) is 0 Å². The van der Waals surface area contributed by atoms with Crippen LogP contribution < -0.4 is 9.80 Å². The summed E-state index contributed by atoms with van der Waals surface area (Å²) in [5, 5.41) is 0. The second kappa shape index (κ2) is 6.61. The van der Waals surface area contributed by atoms with Gasteiger partial charge in [0, 0.05) is 31.7 Å². The minimum Gasteiger partial charge on any atom is -0.354 e. The standard InChI is InChI=1S/C18H19F4N5/c1-2-13-16(19)17(25-10-24-13)27-6-4-11-8-26(9-14(11)27)15-7-12(3-5-23-15)18(20,21)22/h3,5,7,10-11,14H,2,4,6,8-9H2,1H3. The molecule has 2 aliphatic heterocycles. The molecule has 2 aromatic heterocycles. The van der Waals surface area contributed by atoms with Gasteiger partial charge in [-0.2, -0.15) is 13.2 Å². The van der Waals surface area contributed by atoms with Crippen LogP contribution in [-0.2, 0) is 12.6 Å². The van der Waals surface area contributed by atoms with E-state index >= 15 is 0 Å². The monoisotopic (exact) mass is 381 g/mol. The number of hydrogen-bond acceptors (Lipinski definition) is 5. The van der Waals surface area contributed by atoms with Crippen LogP contribution in [0.5, 0.6) is 0 Å². The Kier molecular flexibility index (Phi) is 4.39. The average Bonchev–Trinajstić information content (AvgIpc) is 3.22. The number of halogens is 4. The molecule has 5 nitrogen and oxygen atoms in total. The molecular weight excluding hydrogens is 362 g/mol. The number of rotatable bonds is 3. The second-order valence-electron chi connectivity index (χ2n) is 6.93. The van der Waals surface area contributed by atoms with Crippen molar-refractivity contribution in [3.05, 3.63) is 41.7 Å². The van der Waals surface area contributed by atoms with E-state index in [1.54, 1.807) is 0 Å². The Morgan fingerprint density at radius 2 is 2.00 bits per heavy atom. The Bertz CT molecular complexity index is 841. The highest BCUT2D eigenvalue weighted by molar-refractivity contribution is 5.49. The summed E-state index contributed by atoms with van der Waals surface area (Å²) in [5.41, 5.74) is -0.339. The molecule has 2 atom stereocenters. The third kappa shape index (κ3) is 3.19. The molecule has 0 radical (unpaired) electrons. The Hall–Kier alpha value is -2.45. The molecule has 4 heterocycles. The number of aromatic nitrogens is 3. The zero-order valence-electron chi connectivity index (χ0n) is 14.7. The van der Waals surface area contributed by atoms with Crippen LogP contribution in [0.25, 0.3) is 0 Å². The number of fused-ring (bicyclic) bond motifs is 1. The number of hydrogen-bond donors (Lipinski definition) is 0. The van der Waals surface area contributed by atoms with E-state index in [-0.39, 0.29) is 17.8 Å². The molecule has 0 saturated carbocycles. The first-order valence-corrected chi connectivity index (χ1v) is 8.92. The van der Waals surface area contributed by atoms with Gasteiger partial charge in [0.15, 0.2) is 11.6 Å². The lowest BCUT2D eigenvalue weighted by Crippen LogP contribution is -2.36. The van der Waals surface area contributed by atoms with E-state index in [1.807, 2.05) is 16.7 Å². The SMILES string of the molecule is CCc1ncnc(N2CCC3CN(c4cc(C(F)(F)F)ccn4)CC32)c1F. The van der Waals surface area contributed by atoms with Crippen LogP contribution in [0.15, 0.2) is 24.7 Å². The molecule has 0 aliphatic carbocycles. The Morgan fingerprint density at radius 1 is 1.19 bits per heavy atom. The molecule has 2 aromatic rings. The number of aryl methyl sites for hydroxylation is 1. The van der Waals surface area contributed by atoms with Crippen molar-refractivity contribution in [2.75, 3.05) is 29.4 Å². The molecule has 9 heteroatoms. The molecule has 0 spiro atoms. The molecular formula is C18H19F4N5. The highest BCUT2D eigenvalue weighted by Gasteiger charge is 2.43. The van der Waals surface area contributed by atoms with Crippen LogP contribution in [0.3, 0.4) is 0 Å². The van der Waals surface area contributed by atoms with Gasteiger partial charge in [0.05, 0.1) is 17.3 Å². The summed E-state index contributed by atoms with van der Waals surface area (Å²) in [7, 11) is 0. The van der Waals surface area contributed by atoms with Gasteiger partial charge in [0.25, 0.3) is 0 Å². The van der Waals surface area contributed by atoms with E-state index in [1.165, 1.54) is 12.5 Å². The largest absolute Gasteiger partial charge is 0.416 e. The fourth-order valence-corrected chi connectivity index (χ4v) is 4.02. The number of anilines is 2.